The maximum atomic E-state index is 8.67. The van der Waals surface area contributed by atoms with Gasteiger partial charge in [-0.15, -0.1) is 0 Å². The van der Waals surface area contributed by atoms with Crippen molar-refractivity contribution in [3.8, 4) is 0 Å². The zero-order valence-corrected chi connectivity index (χ0v) is 8.69. The molecule has 0 aromatic carbocycles. The number of aliphatic imine (C=N–C) groups is 2. The second-order valence-electron chi connectivity index (χ2n) is 1.31. The predicted molar refractivity (Wildman–Crippen MR) is 35.7 cm³/mol. The quantitative estimate of drug-likeness (QED) is 0.318. The molecule has 7 heteroatoms. The van der Waals surface area contributed by atoms with Gasteiger partial charge in [0.05, 0.1) is 0 Å². The van der Waals surface area contributed by atoms with Gasteiger partial charge in [-0.1, -0.05) is 0 Å². The van der Waals surface area contributed by atoms with Crippen molar-refractivity contribution in [3.63, 3.8) is 0 Å². The molecule has 10 heavy (non-hydrogen) atoms. The van der Waals surface area contributed by atoms with E-state index in [4.69, 9.17) is 28.3 Å². The third-order valence-electron chi connectivity index (χ3n) is 0.664. The SMILES string of the molecule is OC1N=C(Cl)NC(Cl)=N1.[Na+]. The van der Waals surface area contributed by atoms with E-state index in [-0.39, 0.29) is 40.1 Å². The van der Waals surface area contributed by atoms with Gasteiger partial charge in [-0.3, -0.25) is 0 Å². The van der Waals surface area contributed by atoms with Crippen LogP contribution in [0.3, 0.4) is 0 Å². The summed E-state index contributed by atoms with van der Waals surface area (Å²) in [5.41, 5.74) is 0. The Hall–Kier alpha value is 0.680. The summed E-state index contributed by atoms with van der Waals surface area (Å²) in [7, 11) is 0. The van der Waals surface area contributed by atoms with Gasteiger partial charge in [0, 0.05) is 0 Å². The largest absolute Gasteiger partial charge is 1.00 e. The number of nitrogens with one attached hydrogen (secondary N) is 1. The maximum absolute atomic E-state index is 8.67. The zero-order valence-electron chi connectivity index (χ0n) is 5.17. The Kier molecular flexibility index (Phi) is 4.84. The minimum atomic E-state index is -1.16. The standard InChI is InChI=1S/C3H3Cl2N3O.Na/c4-1-6-2(5)8-3(9)7-1;/h3,9H,(H,6,7,8);/q;+1. The van der Waals surface area contributed by atoms with Crippen molar-refractivity contribution in [3.05, 3.63) is 0 Å². The molecule has 4 nitrogen and oxygen atoms in total. The van der Waals surface area contributed by atoms with Crippen LogP contribution in [0.15, 0.2) is 9.98 Å². The summed E-state index contributed by atoms with van der Waals surface area (Å²) in [6, 6.07) is 0. The molecule has 1 heterocycles. The number of aliphatic hydroxyl groups excluding tert-OH is 1. The first-order valence-corrected chi connectivity index (χ1v) is 2.86. The number of halogens is 2. The van der Waals surface area contributed by atoms with Gasteiger partial charge in [0.15, 0.2) is 0 Å². The van der Waals surface area contributed by atoms with Crippen LogP contribution in [0.25, 0.3) is 0 Å². The molecule has 50 valence electrons. The molecule has 0 aliphatic carbocycles. The van der Waals surface area contributed by atoms with E-state index in [1.165, 1.54) is 0 Å². The monoisotopic (exact) mass is 190 g/mol. The van der Waals surface area contributed by atoms with Crippen molar-refractivity contribution < 1.29 is 34.7 Å². The smallest absolute Gasteiger partial charge is 0.354 e. The van der Waals surface area contributed by atoms with Gasteiger partial charge in [0.2, 0.25) is 16.9 Å². The van der Waals surface area contributed by atoms with Crippen LogP contribution < -0.4 is 34.9 Å². The molecule has 0 spiro atoms. The minimum absolute atomic E-state index is 0. The molecule has 0 atom stereocenters. The van der Waals surface area contributed by atoms with E-state index in [2.05, 4.69) is 15.3 Å². The van der Waals surface area contributed by atoms with Crippen molar-refractivity contribution in [2.75, 3.05) is 0 Å². The summed E-state index contributed by atoms with van der Waals surface area (Å²) < 4.78 is 0. The molecule has 0 amide bonds. The molecule has 0 bridgehead atoms. The number of aliphatic hydroxyl groups is 1. The molecule has 1 aliphatic rings. The molecular formula is C3H3Cl2N3NaO+. The van der Waals surface area contributed by atoms with Crippen molar-refractivity contribution in [1.29, 1.82) is 0 Å². The first-order chi connectivity index (χ1) is 4.18. The van der Waals surface area contributed by atoms with Crippen LogP contribution in [0.2, 0.25) is 0 Å². The van der Waals surface area contributed by atoms with Crippen LogP contribution >= 0.6 is 23.2 Å². The van der Waals surface area contributed by atoms with Crippen LogP contribution in [0.1, 0.15) is 0 Å². The fourth-order valence-corrected chi connectivity index (χ4v) is 0.783. The maximum Gasteiger partial charge on any atom is 1.00 e. The van der Waals surface area contributed by atoms with Crippen molar-refractivity contribution in [2.45, 2.75) is 6.35 Å². The molecule has 0 aromatic rings. The molecule has 0 saturated carbocycles. The summed E-state index contributed by atoms with van der Waals surface area (Å²) in [4.78, 5) is 6.78. The molecule has 0 saturated heterocycles. The topological polar surface area (TPSA) is 57.0 Å². The van der Waals surface area contributed by atoms with E-state index in [1.54, 1.807) is 0 Å². The number of hydrogen-bond donors (Lipinski definition) is 2. The molecule has 1 rings (SSSR count). The van der Waals surface area contributed by atoms with E-state index in [1.807, 2.05) is 0 Å². The first-order valence-electron chi connectivity index (χ1n) is 2.10. The second-order valence-corrected chi connectivity index (χ2v) is 2.03. The number of nitrogens with zero attached hydrogens (tertiary/aromatic N) is 2. The number of amidine groups is 2. The third kappa shape index (κ3) is 3.18. The molecule has 0 aromatic heterocycles. The average molecular weight is 191 g/mol. The van der Waals surface area contributed by atoms with E-state index in [0.29, 0.717) is 0 Å². The van der Waals surface area contributed by atoms with Gasteiger partial charge in [-0.25, -0.2) is 9.98 Å². The van der Waals surface area contributed by atoms with Gasteiger partial charge >= 0.3 is 29.6 Å². The second kappa shape index (κ2) is 4.54. The molecule has 0 fully saturated rings. The van der Waals surface area contributed by atoms with Gasteiger partial charge in [-0.05, 0) is 23.2 Å². The Labute approximate surface area is 89.6 Å². The van der Waals surface area contributed by atoms with E-state index >= 15 is 0 Å². The Morgan fingerprint density at radius 2 is 1.70 bits per heavy atom. The van der Waals surface area contributed by atoms with Crippen LogP contribution in [0, 0.1) is 0 Å². The fourth-order valence-electron chi connectivity index (χ4n) is 0.381. The van der Waals surface area contributed by atoms with Gasteiger partial charge < -0.3 is 10.4 Å². The van der Waals surface area contributed by atoms with Crippen LogP contribution in [0.4, 0.5) is 0 Å². The number of rotatable bonds is 0. The Morgan fingerprint density at radius 1 is 1.30 bits per heavy atom. The predicted octanol–water partition coefficient (Wildman–Crippen LogP) is -2.94. The first kappa shape index (κ1) is 10.7. The van der Waals surface area contributed by atoms with Crippen molar-refractivity contribution >= 4 is 33.8 Å². The van der Waals surface area contributed by atoms with E-state index < -0.39 is 6.35 Å². The van der Waals surface area contributed by atoms with Crippen LogP contribution in [-0.2, 0) is 0 Å². The summed E-state index contributed by atoms with van der Waals surface area (Å²) >= 11 is 10.6. The molecular weight excluding hydrogens is 188 g/mol. The Morgan fingerprint density at radius 3 is 2.00 bits per heavy atom. The number of hydrogen-bond acceptors (Lipinski definition) is 4. The molecule has 1 aliphatic heterocycles. The average Bonchev–Trinajstić information content (AvgIpc) is 1.59. The third-order valence-corrected chi connectivity index (χ3v) is 1.05. The zero-order chi connectivity index (χ0) is 6.85. The van der Waals surface area contributed by atoms with E-state index in [0.717, 1.165) is 0 Å². The van der Waals surface area contributed by atoms with Gasteiger partial charge in [0.1, 0.15) is 0 Å². The molecule has 0 radical (unpaired) electrons. The van der Waals surface area contributed by atoms with E-state index in [9.17, 15) is 0 Å². The van der Waals surface area contributed by atoms with Crippen molar-refractivity contribution in [2.24, 2.45) is 9.98 Å². The summed E-state index contributed by atoms with van der Waals surface area (Å²) in [6.07, 6.45) is -1.16. The molecule has 0 unspecified atom stereocenters. The van der Waals surface area contributed by atoms with Crippen molar-refractivity contribution in [1.82, 2.24) is 5.32 Å². The molecule has 2 N–H and O–H groups in total. The van der Waals surface area contributed by atoms with Gasteiger partial charge in [-0.2, -0.15) is 0 Å². The fraction of sp³-hybridized carbons (Fsp3) is 0.333. The van der Waals surface area contributed by atoms with Crippen LogP contribution in [-0.4, -0.2) is 22.0 Å². The Bertz CT molecular complexity index is 165. The Balaban J connectivity index is 0.000000810. The normalized spacial score (nSPS) is 18.3. The minimum Gasteiger partial charge on any atom is -0.354 e. The summed E-state index contributed by atoms with van der Waals surface area (Å²) in [6.45, 7) is 0. The summed E-state index contributed by atoms with van der Waals surface area (Å²) in [5, 5.41) is 11.1. The summed E-state index contributed by atoms with van der Waals surface area (Å²) in [5.74, 6) is 0. The van der Waals surface area contributed by atoms with Crippen LogP contribution in [0.5, 0.6) is 0 Å². The van der Waals surface area contributed by atoms with Gasteiger partial charge in [0.25, 0.3) is 0 Å².